The molecule has 1 aliphatic heterocycles. The summed E-state index contributed by atoms with van der Waals surface area (Å²) in [4.78, 5) is 31.7. The number of aromatic nitrogens is 2. The molecular weight excluding hydrogens is 286 g/mol. The third-order valence-corrected chi connectivity index (χ3v) is 3.64. The Morgan fingerprint density at radius 1 is 1.36 bits per heavy atom. The number of nitrogens with zero attached hydrogens (tertiary/aromatic N) is 2. The number of hydrogen-bond acceptors (Lipinski definition) is 4. The number of hydrogen-bond donors (Lipinski definition) is 2. The molecule has 0 bridgehead atoms. The molecule has 2 N–H and O–H groups in total. The fourth-order valence-corrected chi connectivity index (χ4v) is 2.47. The number of aromatic amines is 1. The van der Waals surface area contributed by atoms with Crippen molar-refractivity contribution in [3.8, 4) is 0 Å². The second-order valence-electron chi connectivity index (χ2n) is 5.05. The maximum Gasteiger partial charge on any atom is 0.408 e. The Balaban J connectivity index is 1.71. The second kappa shape index (κ2) is 5.88. The predicted octanol–water partition coefficient (Wildman–Crippen LogP) is 1.56. The molecule has 3 rings (SSSR count). The molecule has 0 saturated carbocycles. The number of ether oxygens (including phenoxy) is 1. The van der Waals surface area contributed by atoms with Crippen LogP contribution in [0, 0.1) is 0 Å². The van der Waals surface area contributed by atoms with Gasteiger partial charge in [0.1, 0.15) is 12.6 Å². The molecule has 0 saturated heterocycles. The van der Waals surface area contributed by atoms with Crippen molar-refractivity contribution in [2.45, 2.75) is 25.6 Å². The highest BCUT2D eigenvalue weighted by Gasteiger charge is 2.37. The van der Waals surface area contributed by atoms with Gasteiger partial charge in [0.15, 0.2) is 0 Å². The minimum absolute atomic E-state index is 0.107. The zero-order chi connectivity index (χ0) is 15.5. The number of H-pyrrole nitrogens is 1. The molecule has 1 aromatic carbocycles. The van der Waals surface area contributed by atoms with Crippen LogP contribution in [-0.4, -0.2) is 38.1 Å². The highest BCUT2D eigenvalue weighted by Crippen LogP contribution is 2.21. The SMILES string of the molecule is O=C(OCc1ccccc1)[C@@H]1Cc2nc[nH]c2CN1C(=O)O. The third kappa shape index (κ3) is 2.78. The first-order valence-corrected chi connectivity index (χ1v) is 6.86. The molecule has 0 spiro atoms. The summed E-state index contributed by atoms with van der Waals surface area (Å²) in [6.07, 6.45) is 0.572. The largest absolute Gasteiger partial charge is 0.465 e. The van der Waals surface area contributed by atoms with E-state index < -0.39 is 18.1 Å². The molecule has 7 nitrogen and oxygen atoms in total. The van der Waals surface area contributed by atoms with Crippen molar-refractivity contribution < 1.29 is 19.4 Å². The van der Waals surface area contributed by atoms with Crippen molar-refractivity contribution in [3.63, 3.8) is 0 Å². The van der Waals surface area contributed by atoms with E-state index in [2.05, 4.69) is 9.97 Å². The van der Waals surface area contributed by atoms with Crippen LogP contribution in [-0.2, 0) is 29.1 Å². The number of imidazole rings is 1. The molecule has 1 atom stereocenters. The van der Waals surface area contributed by atoms with E-state index in [1.54, 1.807) is 0 Å². The molecule has 1 aliphatic rings. The number of carbonyl (C=O) groups excluding carboxylic acids is 1. The lowest BCUT2D eigenvalue weighted by atomic mass is 10.0. The summed E-state index contributed by atoms with van der Waals surface area (Å²) < 4.78 is 5.26. The lowest BCUT2D eigenvalue weighted by molar-refractivity contribution is -0.151. The summed E-state index contributed by atoms with van der Waals surface area (Å²) in [6.45, 7) is 0.229. The molecule has 0 unspecified atom stereocenters. The normalized spacial score (nSPS) is 16.9. The number of esters is 1. The molecule has 22 heavy (non-hydrogen) atoms. The van der Waals surface area contributed by atoms with Crippen molar-refractivity contribution in [1.82, 2.24) is 14.9 Å². The Morgan fingerprint density at radius 3 is 2.86 bits per heavy atom. The molecule has 2 aromatic rings. The Morgan fingerprint density at radius 2 is 2.14 bits per heavy atom. The van der Waals surface area contributed by atoms with Gasteiger partial charge < -0.3 is 14.8 Å². The maximum absolute atomic E-state index is 12.3. The molecule has 0 radical (unpaired) electrons. The minimum atomic E-state index is -1.15. The van der Waals surface area contributed by atoms with Crippen LogP contribution in [0.3, 0.4) is 0 Å². The van der Waals surface area contributed by atoms with Gasteiger partial charge in [-0.25, -0.2) is 14.6 Å². The van der Waals surface area contributed by atoms with E-state index in [0.717, 1.165) is 16.2 Å². The smallest absolute Gasteiger partial charge is 0.408 e. The van der Waals surface area contributed by atoms with E-state index in [1.165, 1.54) is 6.33 Å². The quantitative estimate of drug-likeness (QED) is 0.839. The molecule has 1 aromatic heterocycles. The lowest BCUT2D eigenvalue weighted by Gasteiger charge is -2.31. The van der Waals surface area contributed by atoms with E-state index in [9.17, 15) is 14.7 Å². The average molecular weight is 301 g/mol. The van der Waals surface area contributed by atoms with Gasteiger partial charge in [-0.05, 0) is 5.56 Å². The van der Waals surface area contributed by atoms with E-state index in [0.29, 0.717) is 5.69 Å². The molecule has 114 valence electrons. The number of rotatable bonds is 3. The average Bonchev–Trinajstić information content (AvgIpc) is 2.99. The molecule has 7 heteroatoms. The lowest BCUT2D eigenvalue weighted by Crippen LogP contribution is -2.48. The topological polar surface area (TPSA) is 95.5 Å². The summed E-state index contributed by atoms with van der Waals surface area (Å²) >= 11 is 0. The van der Waals surface area contributed by atoms with Crippen LogP contribution in [0.4, 0.5) is 4.79 Å². The first-order valence-electron chi connectivity index (χ1n) is 6.86. The van der Waals surface area contributed by atoms with Gasteiger partial charge in [0.25, 0.3) is 0 Å². The fraction of sp³-hybridized carbons (Fsp3) is 0.267. The molecule has 0 fully saturated rings. The fourth-order valence-electron chi connectivity index (χ4n) is 2.47. The van der Waals surface area contributed by atoms with Gasteiger partial charge >= 0.3 is 12.1 Å². The number of fused-ring (bicyclic) bond motifs is 1. The monoisotopic (exact) mass is 301 g/mol. The van der Waals surface area contributed by atoms with Crippen molar-refractivity contribution in [2.75, 3.05) is 0 Å². The molecular formula is C15H15N3O4. The molecule has 0 aliphatic carbocycles. The van der Waals surface area contributed by atoms with Crippen LogP contribution in [0.1, 0.15) is 17.0 Å². The van der Waals surface area contributed by atoms with Gasteiger partial charge in [-0.1, -0.05) is 30.3 Å². The van der Waals surface area contributed by atoms with Crippen LogP contribution in [0.2, 0.25) is 0 Å². The Labute approximate surface area is 126 Å². The highest BCUT2D eigenvalue weighted by atomic mass is 16.5. The summed E-state index contributed by atoms with van der Waals surface area (Å²) in [5, 5.41) is 9.29. The van der Waals surface area contributed by atoms with Crippen LogP contribution >= 0.6 is 0 Å². The van der Waals surface area contributed by atoms with Crippen molar-refractivity contribution in [1.29, 1.82) is 0 Å². The van der Waals surface area contributed by atoms with E-state index in [4.69, 9.17) is 4.74 Å². The van der Waals surface area contributed by atoms with Crippen LogP contribution < -0.4 is 0 Å². The highest BCUT2D eigenvalue weighted by molar-refractivity contribution is 5.81. The van der Waals surface area contributed by atoms with Gasteiger partial charge in [-0.3, -0.25) is 4.90 Å². The van der Waals surface area contributed by atoms with Crippen LogP contribution in [0.25, 0.3) is 0 Å². The maximum atomic E-state index is 12.3. The molecule has 1 amide bonds. The summed E-state index contributed by atoms with van der Waals surface area (Å²) in [5.74, 6) is -0.556. The van der Waals surface area contributed by atoms with Gasteiger partial charge in [0.2, 0.25) is 0 Å². The summed E-state index contributed by atoms with van der Waals surface area (Å²) in [5.41, 5.74) is 2.28. The summed E-state index contributed by atoms with van der Waals surface area (Å²) in [6, 6.07) is 8.39. The van der Waals surface area contributed by atoms with Gasteiger partial charge in [-0.15, -0.1) is 0 Å². The number of nitrogens with one attached hydrogen (secondary N) is 1. The van der Waals surface area contributed by atoms with Gasteiger partial charge in [0.05, 0.1) is 24.3 Å². The Hall–Kier alpha value is -2.83. The predicted molar refractivity (Wildman–Crippen MR) is 75.9 cm³/mol. The van der Waals surface area contributed by atoms with Crippen molar-refractivity contribution in [3.05, 3.63) is 53.6 Å². The van der Waals surface area contributed by atoms with Crippen LogP contribution in [0.15, 0.2) is 36.7 Å². The summed E-state index contributed by atoms with van der Waals surface area (Å²) in [7, 11) is 0. The number of carboxylic acid groups (broad SMARTS) is 1. The first kappa shape index (κ1) is 14.1. The second-order valence-corrected chi connectivity index (χ2v) is 5.05. The Kier molecular flexibility index (Phi) is 3.78. The number of benzene rings is 1. The van der Waals surface area contributed by atoms with E-state index >= 15 is 0 Å². The van der Waals surface area contributed by atoms with Gasteiger partial charge in [-0.2, -0.15) is 0 Å². The Bertz CT molecular complexity index is 683. The van der Waals surface area contributed by atoms with Crippen molar-refractivity contribution in [2.24, 2.45) is 0 Å². The first-order chi connectivity index (χ1) is 10.6. The third-order valence-electron chi connectivity index (χ3n) is 3.64. The molecule has 2 heterocycles. The van der Waals surface area contributed by atoms with Crippen molar-refractivity contribution >= 4 is 12.1 Å². The van der Waals surface area contributed by atoms with Gasteiger partial charge in [0, 0.05) is 6.42 Å². The van der Waals surface area contributed by atoms with E-state index in [-0.39, 0.29) is 19.6 Å². The number of amides is 1. The minimum Gasteiger partial charge on any atom is -0.465 e. The van der Waals surface area contributed by atoms with Crippen LogP contribution in [0.5, 0.6) is 0 Å². The standard InChI is InChI=1S/C15H15N3O4/c19-14(22-8-10-4-2-1-3-5-10)13-6-11-12(17-9-16-11)7-18(13)15(20)21/h1-5,9,13H,6-8H2,(H,16,17)(H,20,21)/t13-/m0/s1. The number of carbonyl (C=O) groups is 2. The van der Waals surface area contributed by atoms with E-state index in [1.807, 2.05) is 30.3 Å². The zero-order valence-corrected chi connectivity index (χ0v) is 11.7. The zero-order valence-electron chi connectivity index (χ0n) is 11.7.